The summed E-state index contributed by atoms with van der Waals surface area (Å²) >= 11 is 6.08. The van der Waals surface area contributed by atoms with Gasteiger partial charge in [-0.2, -0.15) is 9.97 Å². The van der Waals surface area contributed by atoms with Gasteiger partial charge in [0.25, 0.3) is 0 Å². The van der Waals surface area contributed by atoms with E-state index in [-0.39, 0.29) is 17.0 Å². The third-order valence-corrected chi connectivity index (χ3v) is 6.89. The minimum atomic E-state index is -3.23. The lowest BCUT2D eigenvalue weighted by atomic mass is 10.1. The molecule has 2 fully saturated rings. The molecule has 2 aromatic rings. The number of piperidine rings is 1. The van der Waals surface area contributed by atoms with E-state index in [1.165, 1.54) is 21.5 Å². The van der Waals surface area contributed by atoms with E-state index in [1.54, 1.807) is 0 Å². The summed E-state index contributed by atoms with van der Waals surface area (Å²) in [4.78, 5) is 12.6. The highest BCUT2D eigenvalue weighted by atomic mass is 35.5. The van der Waals surface area contributed by atoms with Crippen molar-refractivity contribution in [2.24, 2.45) is 0 Å². The summed E-state index contributed by atoms with van der Waals surface area (Å²) in [5.41, 5.74) is 0.612. The van der Waals surface area contributed by atoms with Gasteiger partial charge in [-0.05, 0) is 24.4 Å². The van der Waals surface area contributed by atoms with E-state index in [4.69, 9.17) is 16.3 Å². The number of aromatic nitrogens is 4. The molecule has 0 aromatic carbocycles. The topological polar surface area (TPSA) is 143 Å². The molecule has 4 atom stereocenters. The van der Waals surface area contributed by atoms with Gasteiger partial charge in [-0.15, -0.1) is 0 Å². The molecule has 14 heteroatoms. The number of rotatable bonds is 5. The Bertz CT molecular complexity index is 1030. The Morgan fingerprint density at radius 3 is 2.60 bits per heavy atom. The zero-order valence-corrected chi connectivity index (χ0v) is 17.6. The van der Waals surface area contributed by atoms with Crippen LogP contribution in [0, 0.1) is 0 Å². The van der Waals surface area contributed by atoms with Crippen LogP contribution in [-0.4, -0.2) is 92.8 Å². The molecule has 0 amide bonds. The van der Waals surface area contributed by atoms with E-state index >= 15 is 0 Å². The first-order chi connectivity index (χ1) is 14.2. The maximum Gasteiger partial charge on any atom is 0.226 e. The molecule has 0 unspecified atom stereocenters. The lowest BCUT2D eigenvalue weighted by molar-refractivity contribution is -0.0409. The van der Waals surface area contributed by atoms with Crippen molar-refractivity contribution in [2.45, 2.75) is 43.4 Å². The molecule has 3 N–H and O–H groups in total. The van der Waals surface area contributed by atoms with Crippen LogP contribution in [0.1, 0.15) is 19.1 Å². The second kappa shape index (κ2) is 8.13. The minimum absolute atomic E-state index is 0.0478. The normalized spacial score (nSPS) is 29.0. The molecule has 2 aliphatic heterocycles. The Hall–Kier alpha value is -1.64. The zero-order chi connectivity index (χ0) is 21.6. The Labute approximate surface area is 176 Å². The fourth-order valence-electron chi connectivity index (χ4n) is 3.79. The van der Waals surface area contributed by atoms with Gasteiger partial charge in [0.05, 0.1) is 12.6 Å². The molecule has 11 nitrogen and oxygen atoms in total. The van der Waals surface area contributed by atoms with Crippen molar-refractivity contribution in [1.82, 2.24) is 23.8 Å². The van der Waals surface area contributed by atoms with Gasteiger partial charge in [0.1, 0.15) is 25.0 Å². The van der Waals surface area contributed by atoms with Crippen LogP contribution in [-0.2, 0) is 14.8 Å². The van der Waals surface area contributed by atoms with Crippen LogP contribution in [0.5, 0.6) is 0 Å². The molecule has 0 spiro atoms. The van der Waals surface area contributed by atoms with Gasteiger partial charge in [-0.25, -0.2) is 22.1 Å². The number of nitrogens with zero attached hydrogens (tertiary/aromatic N) is 5. The second-order valence-electron chi connectivity index (χ2n) is 7.45. The number of nitrogens with one attached hydrogen (secondary N) is 1. The average molecular weight is 465 g/mol. The molecule has 2 saturated heterocycles. The van der Waals surface area contributed by atoms with Gasteiger partial charge < -0.3 is 20.3 Å². The molecule has 2 aromatic heterocycles. The number of aliphatic hydroxyl groups is 2. The van der Waals surface area contributed by atoms with E-state index in [1.807, 2.05) is 0 Å². The highest BCUT2D eigenvalue weighted by Gasteiger charge is 2.44. The first kappa shape index (κ1) is 21.6. The summed E-state index contributed by atoms with van der Waals surface area (Å²) in [5, 5.41) is 23.3. The summed E-state index contributed by atoms with van der Waals surface area (Å²) in [6, 6.07) is -0.0478. The summed E-state index contributed by atoms with van der Waals surface area (Å²) in [6.07, 6.45) is -1.29. The van der Waals surface area contributed by atoms with Crippen LogP contribution in [0.25, 0.3) is 11.2 Å². The van der Waals surface area contributed by atoms with E-state index < -0.39 is 41.2 Å². The first-order valence-electron chi connectivity index (χ1n) is 9.38. The van der Waals surface area contributed by atoms with E-state index in [0.29, 0.717) is 37.3 Å². The van der Waals surface area contributed by atoms with Crippen molar-refractivity contribution in [3.8, 4) is 0 Å². The summed E-state index contributed by atoms with van der Waals surface area (Å²) in [5.74, 6) is 0.358. The lowest BCUT2D eigenvalue weighted by Crippen LogP contribution is -2.42. The molecule has 30 heavy (non-hydrogen) atoms. The molecule has 4 rings (SSSR count). The van der Waals surface area contributed by atoms with Gasteiger partial charge in [-0.1, -0.05) is 0 Å². The monoisotopic (exact) mass is 464 g/mol. The van der Waals surface area contributed by atoms with Crippen LogP contribution >= 0.6 is 11.6 Å². The molecular weight excluding hydrogens is 443 g/mol. The standard InChI is InChI=1S/C16H22ClFN6O5S/c1-30(27,28)23-4-2-8(3-5-23)20-13-10-14(22-16(17)21-13)24(7-19-10)15-12(26)11(25)9(6-18)29-15/h7-9,11-12,15,25-26H,2-6H2,1H3,(H,20,21,22)/t9-,11-,12-,15-/m1/s1. The number of hydrogen-bond donors (Lipinski definition) is 3. The quantitative estimate of drug-likeness (QED) is 0.517. The third kappa shape index (κ3) is 3.97. The number of halogens is 2. The molecule has 166 valence electrons. The second-order valence-corrected chi connectivity index (χ2v) is 9.77. The molecule has 4 heterocycles. The summed E-state index contributed by atoms with van der Waals surface area (Å²) in [6.45, 7) is -0.175. The van der Waals surface area contributed by atoms with Crippen LogP contribution in [0.15, 0.2) is 6.33 Å². The SMILES string of the molecule is CS(=O)(=O)N1CCC(Nc2nc(Cl)nc3c2ncn3[C@@H]2O[C@H](CF)[C@@H](O)[C@H]2O)CC1. The van der Waals surface area contributed by atoms with Crippen LogP contribution in [0.3, 0.4) is 0 Å². The van der Waals surface area contributed by atoms with Crippen molar-refractivity contribution >= 4 is 38.6 Å². The number of imidazole rings is 1. The van der Waals surface area contributed by atoms with E-state index in [9.17, 15) is 23.0 Å². The van der Waals surface area contributed by atoms with Gasteiger partial charge in [-0.3, -0.25) is 4.57 Å². The predicted molar refractivity (Wildman–Crippen MR) is 105 cm³/mol. The smallest absolute Gasteiger partial charge is 0.226 e. The molecule has 0 radical (unpaired) electrons. The minimum Gasteiger partial charge on any atom is -0.387 e. The molecule has 0 aliphatic carbocycles. The Kier molecular flexibility index (Phi) is 5.85. The Morgan fingerprint density at radius 2 is 2.00 bits per heavy atom. The summed E-state index contributed by atoms with van der Waals surface area (Å²) in [7, 11) is -3.23. The third-order valence-electron chi connectivity index (χ3n) is 5.42. The number of anilines is 1. The lowest BCUT2D eigenvalue weighted by Gasteiger charge is -2.30. The summed E-state index contributed by atoms with van der Waals surface area (Å²) < 4.78 is 44.6. The Morgan fingerprint density at radius 1 is 1.30 bits per heavy atom. The van der Waals surface area contributed by atoms with Crippen molar-refractivity contribution in [3.63, 3.8) is 0 Å². The fourth-order valence-corrected chi connectivity index (χ4v) is 4.83. The number of hydrogen-bond acceptors (Lipinski definition) is 9. The van der Waals surface area contributed by atoms with Crippen molar-refractivity contribution in [3.05, 3.63) is 11.6 Å². The molecule has 0 bridgehead atoms. The van der Waals surface area contributed by atoms with Gasteiger partial charge in [0.15, 0.2) is 23.2 Å². The molecular formula is C16H22ClFN6O5S. The highest BCUT2D eigenvalue weighted by molar-refractivity contribution is 7.88. The number of sulfonamides is 1. The molecule has 0 saturated carbocycles. The van der Waals surface area contributed by atoms with Crippen molar-refractivity contribution in [2.75, 3.05) is 31.3 Å². The van der Waals surface area contributed by atoms with Crippen LogP contribution in [0.4, 0.5) is 10.2 Å². The zero-order valence-electron chi connectivity index (χ0n) is 16.0. The molecule has 2 aliphatic rings. The van der Waals surface area contributed by atoms with E-state index in [0.717, 1.165) is 0 Å². The van der Waals surface area contributed by atoms with Gasteiger partial charge in [0.2, 0.25) is 15.3 Å². The van der Waals surface area contributed by atoms with Crippen LogP contribution < -0.4 is 5.32 Å². The van der Waals surface area contributed by atoms with E-state index in [2.05, 4.69) is 20.3 Å². The highest BCUT2D eigenvalue weighted by Crippen LogP contribution is 2.33. The maximum absolute atomic E-state index is 13.0. The predicted octanol–water partition coefficient (Wildman–Crippen LogP) is -0.0957. The maximum atomic E-state index is 13.0. The van der Waals surface area contributed by atoms with Crippen molar-refractivity contribution in [1.29, 1.82) is 0 Å². The number of alkyl halides is 1. The van der Waals surface area contributed by atoms with Gasteiger partial charge >= 0.3 is 0 Å². The van der Waals surface area contributed by atoms with Crippen molar-refractivity contribution < 1.29 is 27.8 Å². The van der Waals surface area contributed by atoms with Crippen LogP contribution in [0.2, 0.25) is 5.28 Å². The first-order valence-corrected chi connectivity index (χ1v) is 11.6. The number of aliphatic hydroxyl groups excluding tert-OH is 2. The largest absolute Gasteiger partial charge is 0.387 e. The van der Waals surface area contributed by atoms with Gasteiger partial charge in [0, 0.05) is 19.1 Å². The Balaban J connectivity index is 1.58. The number of ether oxygens (including phenoxy) is 1. The number of fused-ring (bicyclic) bond motifs is 1. The average Bonchev–Trinajstić information content (AvgIpc) is 3.23. The fraction of sp³-hybridized carbons (Fsp3) is 0.688.